The van der Waals surface area contributed by atoms with Gasteiger partial charge in [0.2, 0.25) is 0 Å². The standard InChI is InChI=1S/C11H8Cl2N2O2/c1-17-11(16)8-5-14-10(15-8)9-6(12)3-2-4-7(9)13/h2-5H,1H3,(H,14,15). The van der Waals surface area contributed by atoms with Crippen LogP contribution in [0, 0.1) is 0 Å². The molecule has 0 radical (unpaired) electrons. The summed E-state index contributed by atoms with van der Waals surface area (Å²) in [4.78, 5) is 18.1. The Labute approximate surface area is 108 Å². The third-order valence-corrected chi connectivity index (χ3v) is 2.81. The molecule has 6 heteroatoms. The monoisotopic (exact) mass is 270 g/mol. The van der Waals surface area contributed by atoms with Crippen LogP contribution in [0.15, 0.2) is 24.4 Å². The van der Waals surface area contributed by atoms with Gasteiger partial charge in [-0.3, -0.25) is 0 Å². The van der Waals surface area contributed by atoms with Crippen molar-refractivity contribution in [2.75, 3.05) is 7.11 Å². The fourth-order valence-electron chi connectivity index (χ4n) is 1.39. The van der Waals surface area contributed by atoms with Crippen LogP contribution in [0.4, 0.5) is 0 Å². The molecule has 88 valence electrons. The number of esters is 1. The molecule has 0 unspecified atom stereocenters. The van der Waals surface area contributed by atoms with Crippen molar-refractivity contribution in [2.24, 2.45) is 0 Å². The molecule has 4 nitrogen and oxygen atoms in total. The fraction of sp³-hybridized carbons (Fsp3) is 0.0909. The van der Waals surface area contributed by atoms with Crippen LogP contribution in [0.5, 0.6) is 0 Å². The predicted molar refractivity (Wildman–Crippen MR) is 65.4 cm³/mol. The average molecular weight is 271 g/mol. The normalized spacial score (nSPS) is 10.3. The molecule has 17 heavy (non-hydrogen) atoms. The van der Waals surface area contributed by atoms with E-state index in [0.717, 1.165) is 0 Å². The summed E-state index contributed by atoms with van der Waals surface area (Å²) in [6, 6.07) is 5.13. The molecular weight excluding hydrogens is 263 g/mol. The lowest BCUT2D eigenvalue weighted by Gasteiger charge is -2.02. The molecule has 0 spiro atoms. The highest BCUT2D eigenvalue weighted by atomic mass is 35.5. The number of rotatable bonds is 2. The van der Waals surface area contributed by atoms with Crippen LogP contribution in [-0.2, 0) is 4.74 Å². The molecule has 0 saturated heterocycles. The van der Waals surface area contributed by atoms with Gasteiger partial charge >= 0.3 is 5.97 Å². The Morgan fingerprint density at radius 2 is 2.00 bits per heavy atom. The van der Waals surface area contributed by atoms with Gasteiger partial charge < -0.3 is 9.72 Å². The third kappa shape index (κ3) is 2.28. The summed E-state index contributed by atoms with van der Waals surface area (Å²) in [5, 5.41) is 0.923. The summed E-state index contributed by atoms with van der Waals surface area (Å²) in [6.07, 6.45) is 1.38. The van der Waals surface area contributed by atoms with Gasteiger partial charge in [0, 0.05) is 0 Å². The number of nitrogens with one attached hydrogen (secondary N) is 1. The maximum absolute atomic E-state index is 11.3. The Hall–Kier alpha value is -1.52. The number of ether oxygens (including phenoxy) is 1. The molecule has 2 aromatic rings. The molecule has 0 aliphatic heterocycles. The van der Waals surface area contributed by atoms with E-state index in [0.29, 0.717) is 21.4 Å². The van der Waals surface area contributed by atoms with Crippen molar-refractivity contribution in [3.63, 3.8) is 0 Å². The molecule has 1 aromatic heterocycles. The van der Waals surface area contributed by atoms with E-state index < -0.39 is 5.97 Å². The third-order valence-electron chi connectivity index (χ3n) is 2.18. The molecule has 0 aliphatic carbocycles. The van der Waals surface area contributed by atoms with E-state index in [-0.39, 0.29) is 5.69 Å². The smallest absolute Gasteiger partial charge is 0.356 e. The Bertz CT molecular complexity index is 546. The van der Waals surface area contributed by atoms with E-state index in [4.69, 9.17) is 23.2 Å². The molecule has 0 atom stereocenters. The first-order chi connectivity index (χ1) is 8.13. The van der Waals surface area contributed by atoms with Crippen LogP contribution in [0.2, 0.25) is 10.0 Å². The van der Waals surface area contributed by atoms with Gasteiger partial charge in [0.15, 0.2) is 0 Å². The molecule has 0 bridgehead atoms. The number of H-pyrrole nitrogens is 1. The van der Waals surface area contributed by atoms with Crippen molar-refractivity contribution in [2.45, 2.75) is 0 Å². The number of aromatic amines is 1. The van der Waals surface area contributed by atoms with Crippen molar-refractivity contribution in [3.05, 3.63) is 40.1 Å². The zero-order chi connectivity index (χ0) is 12.4. The number of carbonyl (C=O) groups is 1. The number of benzene rings is 1. The zero-order valence-corrected chi connectivity index (χ0v) is 10.3. The summed E-state index contributed by atoms with van der Waals surface area (Å²) in [5.74, 6) is -0.0621. The highest BCUT2D eigenvalue weighted by Gasteiger charge is 2.14. The highest BCUT2D eigenvalue weighted by molar-refractivity contribution is 6.38. The van der Waals surface area contributed by atoms with Crippen LogP contribution >= 0.6 is 23.2 Å². The molecule has 0 amide bonds. The summed E-state index contributed by atoms with van der Waals surface area (Å²) < 4.78 is 4.57. The SMILES string of the molecule is COC(=O)c1cnc(-c2c(Cl)cccc2Cl)[nH]1. The van der Waals surface area contributed by atoms with Gasteiger partial charge in [-0.1, -0.05) is 29.3 Å². The van der Waals surface area contributed by atoms with Gasteiger partial charge in [0.1, 0.15) is 11.5 Å². The second-order valence-corrected chi connectivity index (χ2v) is 4.05. The van der Waals surface area contributed by atoms with Crippen LogP contribution in [-0.4, -0.2) is 23.0 Å². The maximum atomic E-state index is 11.3. The Kier molecular flexibility index (Phi) is 3.36. The number of hydrogen-bond donors (Lipinski definition) is 1. The molecule has 2 rings (SSSR count). The van der Waals surface area contributed by atoms with Gasteiger partial charge in [0.05, 0.1) is 28.9 Å². The summed E-state index contributed by atoms with van der Waals surface area (Å²) in [5.41, 5.74) is 0.810. The minimum absolute atomic E-state index is 0.249. The molecule has 1 N–H and O–H groups in total. The molecule has 0 fully saturated rings. The molecular formula is C11H8Cl2N2O2. The second kappa shape index (κ2) is 4.77. The van der Waals surface area contributed by atoms with Crippen LogP contribution < -0.4 is 0 Å². The zero-order valence-electron chi connectivity index (χ0n) is 8.83. The summed E-state index contributed by atoms with van der Waals surface area (Å²) in [7, 11) is 1.30. The highest BCUT2D eigenvalue weighted by Crippen LogP contribution is 2.32. The van der Waals surface area contributed by atoms with E-state index >= 15 is 0 Å². The van der Waals surface area contributed by atoms with Gasteiger partial charge in [-0.05, 0) is 12.1 Å². The van der Waals surface area contributed by atoms with Gasteiger partial charge in [0.25, 0.3) is 0 Å². The van der Waals surface area contributed by atoms with E-state index in [1.54, 1.807) is 18.2 Å². The number of hydrogen-bond acceptors (Lipinski definition) is 3. The first kappa shape index (κ1) is 12.0. The van der Waals surface area contributed by atoms with E-state index in [1.165, 1.54) is 13.3 Å². The first-order valence-electron chi connectivity index (χ1n) is 4.71. The average Bonchev–Trinajstić information content (AvgIpc) is 2.77. The summed E-state index contributed by atoms with van der Waals surface area (Å²) in [6.45, 7) is 0. The molecule has 1 aromatic carbocycles. The number of nitrogens with zero attached hydrogens (tertiary/aromatic N) is 1. The van der Waals surface area contributed by atoms with E-state index in [1.807, 2.05) is 0 Å². The maximum Gasteiger partial charge on any atom is 0.356 e. The summed E-state index contributed by atoms with van der Waals surface area (Å²) >= 11 is 12.1. The Morgan fingerprint density at radius 1 is 1.35 bits per heavy atom. The minimum Gasteiger partial charge on any atom is -0.464 e. The van der Waals surface area contributed by atoms with Crippen molar-refractivity contribution in [3.8, 4) is 11.4 Å². The van der Waals surface area contributed by atoms with E-state index in [9.17, 15) is 4.79 Å². The molecule has 0 saturated carbocycles. The van der Waals surface area contributed by atoms with Crippen LogP contribution in [0.1, 0.15) is 10.5 Å². The second-order valence-electron chi connectivity index (χ2n) is 3.23. The van der Waals surface area contributed by atoms with Gasteiger partial charge in [-0.25, -0.2) is 9.78 Å². The number of methoxy groups -OCH3 is 1. The van der Waals surface area contributed by atoms with Crippen molar-refractivity contribution in [1.82, 2.24) is 9.97 Å². The number of imidazole rings is 1. The quantitative estimate of drug-likeness (QED) is 0.853. The van der Waals surface area contributed by atoms with Crippen molar-refractivity contribution < 1.29 is 9.53 Å². The fourth-order valence-corrected chi connectivity index (χ4v) is 1.96. The van der Waals surface area contributed by atoms with E-state index in [2.05, 4.69) is 14.7 Å². The van der Waals surface area contributed by atoms with Gasteiger partial charge in [-0.2, -0.15) is 0 Å². The predicted octanol–water partition coefficient (Wildman–Crippen LogP) is 3.17. The first-order valence-corrected chi connectivity index (χ1v) is 5.46. The Morgan fingerprint density at radius 3 is 2.59 bits per heavy atom. The number of carbonyl (C=O) groups excluding carboxylic acids is 1. The van der Waals surface area contributed by atoms with Gasteiger partial charge in [-0.15, -0.1) is 0 Å². The molecule has 0 aliphatic rings. The molecule has 1 heterocycles. The largest absolute Gasteiger partial charge is 0.464 e. The number of halogens is 2. The minimum atomic E-state index is -0.494. The topological polar surface area (TPSA) is 55.0 Å². The lowest BCUT2D eigenvalue weighted by atomic mass is 10.2. The Balaban J connectivity index is 2.47. The lowest BCUT2D eigenvalue weighted by molar-refractivity contribution is 0.0595. The lowest BCUT2D eigenvalue weighted by Crippen LogP contribution is -2.01. The van der Waals surface area contributed by atoms with Crippen molar-refractivity contribution in [1.29, 1.82) is 0 Å². The van der Waals surface area contributed by atoms with Crippen LogP contribution in [0.3, 0.4) is 0 Å². The number of aromatic nitrogens is 2. The van der Waals surface area contributed by atoms with Crippen LogP contribution in [0.25, 0.3) is 11.4 Å². The van der Waals surface area contributed by atoms with Crippen molar-refractivity contribution >= 4 is 29.2 Å².